The van der Waals surface area contributed by atoms with E-state index in [-0.39, 0.29) is 6.61 Å². The first kappa shape index (κ1) is 12.6. The van der Waals surface area contributed by atoms with Gasteiger partial charge in [-0.25, -0.2) is 9.78 Å². The summed E-state index contributed by atoms with van der Waals surface area (Å²) in [6.45, 7) is 2.88. The van der Waals surface area contributed by atoms with Crippen LogP contribution in [0.1, 0.15) is 12.6 Å². The number of hydrogen-bond acceptors (Lipinski definition) is 5. The number of carboxylic acid groups (broad SMARTS) is 1. The minimum atomic E-state index is -1.10. The first-order valence-corrected chi connectivity index (χ1v) is 5.43. The van der Waals surface area contributed by atoms with Crippen LogP contribution in [0.25, 0.3) is 0 Å². The second-order valence-corrected chi connectivity index (χ2v) is 3.99. The molecule has 0 saturated carbocycles. The van der Waals surface area contributed by atoms with Gasteiger partial charge in [0.15, 0.2) is 11.2 Å². The number of thiazole rings is 1. The van der Waals surface area contributed by atoms with Gasteiger partial charge in [-0.15, -0.1) is 11.3 Å². The molecule has 88 valence electrons. The summed E-state index contributed by atoms with van der Waals surface area (Å²) in [5, 5.41) is 13.3. The van der Waals surface area contributed by atoms with Crippen LogP contribution in [0, 0.1) is 6.92 Å². The second-order valence-electron chi connectivity index (χ2n) is 3.13. The van der Waals surface area contributed by atoms with Crippen LogP contribution in [-0.4, -0.2) is 34.7 Å². The molecule has 0 bridgehead atoms. The maximum Gasteiger partial charge on any atom is 0.332 e. The molecular weight excluding hydrogens is 232 g/mol. The first-order chi connectivity index (χ1) is 7.49. The number of nitrogens with one attached hydrogen (secondary N) is 1. The molecule has 1 heterocycles. The molecule has 1 aromatic heterocycles. The number of carbonyl (C=O) groups is 2. The Morgan fingerprint density at radius 2 is 2.38 bits per heavy atom. The fourth-order valence-corrected chi connectivity index (χ4v) is 1.54. The van der Waals surface area contributed by atoms with Crippen molar-refractivity contribution in [2.24, 2.45) is 0 Å². The van der Waals surface area contributed by atoms with Crippen LogP contribution >= 0.6 is 11.3 Å². The summed E-state index contributed by atoms with van der Waals surface area (Å²) in [5.74, 6) is -1.51. The third-order valence-corrected chi connectivity index (χ3v) is 2.55. The van der Waals surface area contributed by atoms with E-state index in [0.29, 0.717) is 5.13 Å². The van der Waals surface area contributed by atoms with E-state index in [2.05, 4.69) is 10.3 Å². The van der Waals surface area contributed by atoms with Crippen molar-refractivity contribution in [1.82, 2.24) is 4.98 Å². The molecule has 0 saturated heterocycles. The number of carbonyl (C=O) groups excluding carboxylic acids is 1. The second kappa shape index (κ2) is 5.57. The standard InChI is InChI=1S/C9H12N2O4S/c1-5-4-16-9(10-5)11-7(12)3-15-6(2)8(13)14/h4,6H,3H2,1-2H3,(H,13,14)(H,10,11,12)/t6-/m0/s1. The number of nitrogens with zero attached hydrogens (tertiary/aromatic N) is 1. The zero-order valence-electron chi connectivity index (χ0n) is 8.89. The van der Waals surface area contributed by atoms with Crippen LogP contribution in [0.3, 0.4) is 0 Å². The predicted octanol–water partition coefficient (Wildman–Crippen LogP) is 0.880. The highest BCUT2D eigenvalue weighted by Crippen LogP contribution is 2.13. The van der Waals surface area contributed by atoms with Crippen LogP contribution in [-0.2, 0) is 14.3 Å². The molecule has 0 aliphatic rings. The Labute approximate surface area is 96.3 Å². The summed E-state index contributed by atoms with van der Waals surface area (Å²) in [6, 6.07) is 0. The maximum absolute atomic E-state index is 11.3. The van der Waals surface area contributed by atoms with Crippen LogP contribution in [0.4, 0.5) is 5.13 Å². The van der Waals surface area contributed by atoms with Crippen molar-refractivity contribution in [2.45, 2.75) is 20.0 Å². The molecule has 0 fully saturated rings. The number of aromatic nitrogens is 1. The van der Waals surface area contributed by atoms with Crippen molar-refractivity contribution in [3.8, 4) is 0 Å². The van der Waals surface area contributed by atoms with Crippen LogP contribution in [0.5, 0.6) is 0 Å². The van der Waals surface area contributed by atoms with Crippen molar-refractivity contribution < 1.29 is 19.4 Å². The van der Waals surface area contributed by atoms with Gasteiger partial charge in [-0.2, -0.15) is 0 Å². The highest BCUT2D eigenvalue weighted by Gasteiger charge is 2.13. The van der Waals surface area contributed by atoms with Crippen LogP contribution in [0.2, 0.25) is 0 Å². The largest absolute Gasteiger partial charge is 0.479 e. The van der Waals surface area contributed by atoms with Gasteiger partial charge >= 0.3 is 5.97 Å². The van der Waals surface area contributed by atoms with E-state index < -0.39 is 18.0 Å². The number of ether oxygens (including phenoxy) is 1. The predicted molar refractivity (Wildman–Crippen MR) is 58.5 cm³/mol. The third-order valence-electron chi connectivity index (χ3n) is 1.68. The molecule has 0 aromatic carbocycles. The van der Waals surface area contributed by atoms with Crippen molar-refractivity contribution in [2.75, 3.05) is 11.9 Å². The number of carboxylic acids is 1. The van der Waals surface area contributed by atoms with Gasteiger partial charge < -0.3 is 9.84 Å². The molecule has 1 atom stereocenters. The monoisotopic (exact) mass is 244 g/mol. The van der Waals surface area contributed by atoms with E-state index in [1.54, 1.807) is 5.38 Å². The Kier molecular flexibility index (Phi) is 4.39. The average Bonchev–Trinajstić information content (AvgIpc) is 2.60. The number of amides is 1. The molecule has 1 amide bonds. The van der Waals surface area contributed by atoms with E-state index in [1.165, 1.54) is 18.3 Å². The molecule has 6 nitrogen and oxygen atoms in total. The summed E-state index contributed by atoms with van der Waals surface area (Å²) < 4.78 is 4.81. The van der Waals surface area contributed by atoms with Gasteiger partial charge in [-0.05, 0) is 13.8 Å². The van der Waals surface area contributed by atoms with Gasteiger partial charge in [-0.3, -0.25) is 10.1 Å². The van der Waals surface area contributed by atoms with Crippen molar-refractivity contribution >= 4 is 28.3 Å². The Morgan fingerprint density at radius 1 is 1.69 bits per heavy atom. The number of anilines is 1. The van der Waals surface area contributed by atoms with Gasteiger partial charge in [0.2, 0.25) is 0 Å². The molecular formula is C9H12N2O4S. The molecule has 0 aliphatic carbocycles. The highest BCUT2D eigenvalue weighted by molar-refractivity contribution is 7.13. The van der Waals surface area contributed by atoms with Crippen LogP contribution in [0.15, 0.2) is 5.38 Å². The summed E-state index contributed by atoms with van der Waals surface area (Å²) in [7, 11) is 0. The Bertz CT molecular complexity index is 391. The fourth-order valence-electron chi connectivity index (χ4n) is 0.839. The molecule has 1 rings (SSSR count). The summed E-state index contributed by atoms with van der Waals surface area (Å²) in [4.78, 5) is 25.7. The van der Waals surface area contributed by atoms with E-state index in [9.17, 15) is 9.59 Å². The lowest BCUT2D eigenvalue weighted by molar-refractivity contribution is -0.150. The lowest BCUT2D eigenvalue weighted by atomic mass is 10.4. The minimum Gasteiger partial charge on any atom is -0.479 e. The molecule has 0 spiro atoms. The van der Waals surface area contributed by atoms with Crippen molar-refractivity contribution in [3.05, 3.63) is 11.1 Å². The van der Waals surface area contributed by atoms with Gasteiger partial charge in [0.25, 0.3) is 5.91 Å². The number of rotatable bonds is 5. The molecule has 0 unspecified atom stereocenters. The van der Waals surface area contributed by atoms with E-state index in [4.69, 9.17) is 9.84 Å². The number of aryl methyl sites for hydroxylation is 1. The van der Waals surface area contributed by atoms with E-state index in [1.807, 2.05) is 6.92 Å². The summed E-state index contributed by atoms with van der Waals surface area (Å²) >= 11 is 1.30. The van der Waals surface area contributed by atoms with Gasteiger partial charge in [0, 0.05) is 5.38 Å². The Morgan fingerprint density at radius 3 is 2.88 bits per heavy atom. The maximum atomic E-state index is 11.3. The van der Waals surface area contributed by atoms with E-state index >= 15 is 0 Å². The smallest absolute Gasteiger partial charge is 0.332 e. The molecule has 0 aliphatic heterocycles. The van der Waals surface area contributed by atoms with Gasteiger partial charge in [0.05, 0.1) is 5.69 Å². The van der Waals surface area contributed by atoms with Gasteiger partial charge in [-0.1, -0.05) is 0 Å². The third kappa shape index (κ3) is 3.95. The fraction of sp³-hybridized carbons (Fsp3) is 0.444. The normalized spacial score (nSPS) is 12.1. The summed E-state index contributed by atoms with van der Waals surface area (Å²) in [5.41, 5.74) is 0.820. The molecule has 7 heteroatoms. The lowest BCUT2D eigenvalue weighted by Gasteiger charge is -2.07. The number of hydrogen-bond donors (Lipinski definition) is 2. The minimum absolute atomic E-state index is 0.300. The summed E-state index contributed by atoms with van der Waals surface area (Å²) in [6.07, 6.45) is -0.996. The molecule has 0 radical (unpaired) electrons. The quantitative estimate of drug-likeness (QED) is 0.802. The molecule has 16 heavy (non-hydrogen) atoms. The van der Waals surface area contributed by atoms with Crippen molar-refractivity contribution in [1.29, 1.82) is 0 Å². The first-order valence-electron chi connectivity index (χ1n) is 4.55. The van der Waals surface area contributed by atoms with Gasteiger partial charge in [0.1, 0.15) is 6.61 Å². The highest BCUT2D eigenvalue weighted by atomic mass is 32.1. The molecule has 1 aromatic rings. The number of aliphatic carboxylic acids is 1. The average molecular weight is 244 g/mol. The Balaban J connectivity index is 2.34. The zero-order chi connectivity index (χ0) is 12.1. The zero-order valence-corrected chi connectivity index (χ0v) is 9.71. The Hall–Kier alpha value is -1.47. The topological polar surface area (TPSA) is 88.5 Å². The SMILES string of the molecule is Cc1csc(NC(=O)CO[C@@H](C)C(=O)O)n1. The van der Waals surface area contributed by atoms with Crippen LogP contribution < -0.4 is 5.32 Å². The lowest BCUT2D eigenvalue weighted by Crippen LogP contribution is -2.26. The molecule has 2 N–H and O–H groups in total. The van der Waals surface area contributed by atoms with Crippen molar-refractivity contribution in [3.63, 3.8) is 0 Å². The van der Waals surface area contributed by atoms with E-state index in [0.717, 1.165) is 5.69 Å².